The molecule has 0 aliphatic carbocycles. The molecule has 0 saturated carbocycles. The van der Waals surface area contributed by atoms with Crippen LogP contribution in [0.5, 0.6) is 0 Å². The lowest BCUT2D eigenvalue weighted by molar-refractivity contribution is 0.768. The molecule has 0 aliphatic heterocycles. The Balaban J connectivity index is 1.94. The number of hydrogen-bond acceptors (Lipinski definition) is 4. The first-order valence-corrected chi connectivity index (χ1v) is 7.63. The topological polar surface area (TPSA) is 76.5 Å². The summed E-state index contributed by atoms with van der Waals surface area (Å²) in [7, 11) is 1.83. The zero-order chi connectivity index (χ0) is 16.7. The Labute approximate surface area is 141 Å². The number of aromatic nitrogens is 5. The number of aryl methyl sites for hydroxylation is 1. The van der Waals surface area contributed by atoms with Crippen LogP contribution in [0.3, 0.4) is 0 Å². The number of aromatic amines is 1. The maximum absolute atomic E-state index is 12.5. The SMILES string of the molecule is Cn1cc(-c2nccc3nc(-c4ccc(Cl)cc4)c(=O)[nH]c23)cn1. The summed E-state index contributed by atoms with van der Waals surface area (Å²) >= 11 is 5.90. The van der Waals surface area contributed by atoms with Gasteiger partial charge in [0.05, 0.1) is 22.9 Å². The van der Waals surface area contributed by atoms with Crippen molar-refractivity contribution in [3.8, 4) is 22.5 Å². The first-order valence-electron chi connectivity index (χ1n) is 7.26. The Morgan fingerprint density at radius 2 is 1.88 bits per heavy atom. The van der Waals surface area contributed by atoms with E-state index >= 15 is 0 Å². The van der Waals surface area contributed by atoms with E-state index in [0.717, 1.165) is 5.56 Å². The molecule has 6 nitrogen and oxygen atoms in total. The van der Waals surface area contributed by atoms with Crippen molar-refractivity contribution in [1.82, 2.24) is 24.7 Å². The molecule has 3 aromatic heterocycles. The highest BCUT2D eigenvalue weighted by molar-refractivity contribution is 6.30. The fourth-order valence-corrected chi connectivity index (χ4v) is 2.70. The third kappa shape index (κ3) is 2.47. The van der Waals surface area contributed by atoms with E-state index in [4.69, 9.17) is 11.6 Å². The summed E-state index contributed by atoms with van der Waals surface area (Å²) in [5, 5.41) is 4.76. The molecule has 0 aliphatic rings. The van der Waals surface area contributed by atoms with E-state index in [-0.39, 0.29) is 5.56 Å². The van der Waals surface area contributed by atoms with E-state index in [9.17, 15) is 4.79 Å². The molecule has 0 unspecified atom stereocenters. The van der Waals surface area contributed by atoms with E-state index in [1.54, 1.807) is 47.4 Å². The van der Waals surface area contributed by atoms with Gasteiger partial charge in [-0.1, -0.05) is 23.7 Å². The highest BCUT2D eigenvalue weighted by Crippen LogP contribution is 2.24. The molecule has 0 fully saturated rings. The quantitative estimate of drug-likeness (QED) is 0.610. The second kappa shape index (κ2) is 5.58. The molecule has 3 heterocycles. The van der Waals surface area contributed by atoms with Crippen LogP contribution >= 0.6 is 11.6 Å². The predicted molar refractivity (Wildman–Crippen MR) is 92.8 cm³/mol. The number of nitrogens with zero attached hydrogens (tertiary/aromatic N) is 4. The number of nitrogens with one attached hydrogen (secondary N) is 1. The maximum atomic E-state index is 12.5. The fourth-order valence-electron chi connectivity index (χ4n) is 2.58. The number of fused-ring (bicyclic) bond motifs is 1. The van der Waals surface area contributed by atoms with Crippen LogP contribution in [0.4, 0.5) is 0 Å². The number of pyridine rings is 1. The Bertz CT molecular complexity index is 1100. The molecule has 0 atom stereocenters. The molecular formula is C17H12ClN5O. The highest BCUT2D eigenvalue weighted by atomic mass is 35.5. The lowest BCUT2D eigenvalue weighted by Gasteiger charge is -2.06. The second-order valence-corrected chi connectivity index (χ2v) is 5.81. The molecule has 4 rings (SSSR count). The number of hydrogen-bond donors (Lipinski definition) is 1. The van der Waals surface area contributed by atoms with Gasteiger partial charge in [-0.25, -0.2) is 4.98 Å². The van der Waals surface area contributed by atoms with Crippen LogP contribution in [0.1, 0.15) is 0 Å². The molecule has 24 heavy (non-hydrogen) atoms. The standard InChI is InChI=1S/C17H12ClN5O/c1-23-9-11(8-20-23)14-16-13(6-7-19-14)21-15(17(24)22-16)10-2-4-12(18)5-3-10/h2-9H,1H3,(H,22,24). The predicted octanol–water partition coefficient (Wildman–Crippen LogP) is 3.04. The zero-order valence-electron chi connectivity index (χ0n) is 12.7. The fraction of sp³-hybridized carbons (Fsp3) is 0.0588. The normalized spacial score (nSPS) is 11.1. The Morgan fingerprint density at radius 3 is 2.58 bits per heavy atom. The van der Waals surface area contributed by atoms with Crippen LogP contribution < -0.4 is 5.56 Å². The van der Waals surface area contributed by atoms with Gasteiger partial charge in [-0.15, -0.1) is 0 Å². The number of rotatable bonds is 2. The first-order chi connectivity index (χ1) is 11.6. The lowest BCUT2D eigenvalue weighted by atomic mass is 10.1. The van der Waals surface area contributed by atoms with E-state index < -0.39 is 0 Å². The molecular weight excluding hydrogens is 326 g/mol. The molecule has 4 aromatic rings. The highest BCUT2D eigenvalue weighted by Gasteiger charge is 2.13. The van der Waals surface area contributed by atoms with Crippen LogP contribution in [0.15, 0.2) is 53.7 Å². The smallest absolute Gasteiger partial charge is 0.275 e. The van der Waals surface area contributed by atoms with Gasteiger partial charge in [-0.3, -0.25) is 14.5 Å². The summed E-state index contributed by atoms with van der Waals surface area (Å²) < 4.78 is 1.68. The molecule has 0 saturated heterocycles. The molecule has 0 radical (unpaired) electrons. The van der Waals surface area contributed by atoms with Crippen molar-refractivity contribution in [2.75, 3.05) is 0 Å². The van der Waals surface area contributed by atoms with Gasteiger partial charge in [0, 0.05) is 35.6 Å². The van der Waals surface area contributed by atoms with Crippen LogP contribution in [-0.4, -0.2) is 24.7 Å². The first kappa shape index (κ1) is 14.6. The summed E-state index contributed by atoms with van der Waals surface area (Å²) in [5.74, 6) is 0. The number of halogens is 1. The van der Waals surface area contributed by atoms with Crippen molar-refractivity contribution in [3.63, 3.8) is 0 Å². The third-order valence-electron chi connectivity index (χ3n) is 3.71. The van der Waals surface area contributed by atoms with Crippen LogP contribution in [0.2, 0.25) is 5.02 Å². The van der Waals surface area contributed by atoms with Gasteiger partial charge < -0.3 is 4.98 Å². The largest absolute Gasteiger partial charge is 0.317 e. The summed E-state index contributed by atoms with van der Waals surface area (Å²) in [6, 6.07) is 8.78. The van der Waals surface area contributed by atoms with Crippen LogP contribution in [0.25, 0.3) is 33.5 Å². The van der Waals surface area contributed by atoms with Crippen LogP contribution in [0, 0.1) is 0 Å². The Hall–Kier alpha value is -2.99. The van der Waals surface area contributed by atoms with Gasteiger partial charge in [-0.05, 0) is 18.2 Å². The van der Waals surface area contributed by atoms with Gasteiger partial charge >= 0.3 is 0 Å². The minimum atomic E-state index is -0.275. The lowest BCUT2D eigenvalue weighted by Crippen LogP contribution is -2.12. The molecule has 1 N–H and O–H groups in total. The van der Waals surface area contributed by atoms with Crippen LogP contribution in [-0.2, 0) is 7.05 Å². The van der Waals surface area contributed by atoms with Crippen molar-refractivity contribution >= 4 is 22.6 Å². The molecule has 0 spiro atoms. The van der Waals surface area contributed by atoms with E-state index in [1.807, 2.05) is 13.2 Å². The third-order valence-corrected chi connectivity index (χ3v) is 3.96. The van der Waals surface area contributed by atoms with Crippen molar-refractivity contribution in [2.24, 2.45) is 7.05 Å². The molecule has 1 aromatic carbocycles. The summed E-state index contributed by atoms with van der Waals surface area (Å²) in [6.45, 7) is 0. The van der Waals surface area contributed by atoms with Gasteiger partial charge in [0.2, 0.25) is 0 Å². The van der Waals surface area contributed by atoms with E-state index in [0.29, 0.717) is 33.0 Å². The Morgan fingerprint density at radius 1 is 1.08 bits per heavy atom. The minimum Gasteiger partial charge on any atom is -0.317 e. The van der Waals surface area contributed by atoms with Gasteiger partial charge in [0.25, 0.3) is 5.56 Å². The molecule has 7 heteroatoms. The summed E-state index contributed by atoms with van der Waals surface area (Å²) in [4.78, 5) is 24.3. The molecule has 0 amide bonds. The zero-order valence-corrected chi connectivity index (χ0v) is 13.4. The monoisotopic (exact) mass is 337 g/mol. The maximum Gasteiger partial charge on any atom is 0.275 e. The summed E-state index contributed by atoms with van der Waals surface area (Å²) in [6.07, 6.45) is 5.21. The van der Waals surface area contributed by atoms with Crippen molar-refractivity contribution in [2.45, 2.75) is 0 Å². The van der Waals surface area contributed by atoms with E-state index in [1.165, 1.54) is 0 Å². The summed E-state index contributed by atoms with van der Waals surface area (Å²) in [5.41, 5.74) is 3.50. The van der Waals surface area contributed by atoms with Crippen molar-refractivity contribution in [1.29, 1.82) is 0 Å². The average Bonchev–Trinajstić information content (AvgIpc) is 3.01. The van der Waals surface area contributed by atoms with E-state index in [2.05, 4.69) is 20.1 Å². The number of benzene rings is 1. The second-order valence-electron chi connectivity index (χ2n) is 5.38. The van der Waals surface area contributed by atoms with Gasteiger partial charge in [-0.2, -0.15) is 5.10 Å². The average molecular weight is 338 g/mol. The van der Waals surface area contributed by atoms with Crippen molar-refractivity contribution < 1.29 is 0 Å². The van der Waals surface area contributed by atoms with Gasteiger partial charge in [0.15, 0.2) is 0 Å². The number of H-pyrrole nitrogens is 1. The minimum absolute atomic E-state index is 0.275. The van der Waals surface area contributed by atoms with Crippen molar-refractivity contribution in [3.05, 3.63) is 64.3 Å². The Kier molecular flexibility index (Phi) is 3.39. The molecule has 0 bridgehead atoms. The van der Waals surface area contributed by atoms with Gasteiger partial charge in [0.1, 0.15) is 5.69 Å². The molecule has 118 valence electrons.